The molecule has 2 rings (SSSR count). The van der Waals surface area contributed by atoms with E-state index < -0.39 is 0 Å². The zero-order chi connectivity index (χ0) is 15.8. The van der Waals surface area contributed by atoms with E-state index in [9.17, 15) is 4.79 Å². The SMILES string of the molecule is CC(C)(C)c1nc(C(=O)Nc2c(Br)cc(Br)cc2Br)n[nH]1. The average molecular weight is 481 g/mol. The summed E-state index contributed by atoms with van der Waals surface area (Å²) in [4.78, 5) is 16.5. The van der Waals surface area contributed by atoms with Crippen molar-refractivity contribution in [1.82, 2.24) is 15.2 Å². The normalized spacial score (nSPS) is 11.5. The maximum atomic E-state index is 12.2. The van der Waals surface area contributed by atoms with Gasteiger partial charge in [-0.1, -0.05) is 36.7 Å². The highest BCUT2D eigenvalue weighted by molar-refractivity contribution is 9.11. The van der Waals surface area contributed by atoms with Crippen molar-refractivity contribution in [2.45, 2.75) is 26.2 Å². The Hall–Kier alpha value is -0.730. The van der Waals surface area contributed by atoms with E-state index >= 15 is 0 Å². The highest BCUT2D eigenvalue weighted by Gasteiger charge is 2.22. The fourth-order valence-corrected chi connectivity index (χ4v) is 3.99. The molecular formula is C13H13Br3N4O. The van der Waals surface area contributed by atoms with Crippen molar-refractivity contribution >= 4 is 59.4 Å². The van der Waals surface area contributed by atoms with Crippen LogP contribution in [-0.2, 0) is 5.41 Å². The van der Waals surface area contributed by atoms with Crippen LogP contribution in [0.15, 0.2) is 25.6 Å². The Morgan fingerprint density at radius 3 is 2.24 bits per heavy atom. The molecule has 0 aliphatic heterocycles. The maximum Gasteiger partial charge on any atom is 0.295 e. The molecule has 1 aromatic heterocycles. The molecule has 1 amide bonds. The number of carbonyl (C=O) groups is 1. The van der Waals surface area contributed by atoms with Gasteiger partial charge in [-0.2, -0.15) is 0 Å². The second-order valence-electron chi connectivity index (χ2n) is 5.46. The number of benzene rings is 1. The van der Waals surface area contributed by atoms with Crippen LogP contribution < -0.4 is 5.32 Å². The van der Waals surface area contributed by atoms with E-state index in [2.05, 4.69) is 68.3 Å². The highest BCUT2D eigenvalue weighted by atomic mass is 79.9. The van der Waals surface area contributed by atoms with Gasteiger partial charge in [0.15, 0.2) is 0 Å². The summed E-state index contributed by atoms with van der Waals surface area (Å²) in [6, 6.07) is 3.69. The molecule has 0 fully saturated rings. The lowest BCUT2D eigenvalue weighted by Crippen LogP contribution is -2.16. The third-order valence-corrected chi connectivity index (χ3v) is 4.35. The van der Waals surface area contributed by atoms with Crippen molar-refractivity contribution < 1.29 is 4.79 Å². The molecule has 0 saturated carbocycles. The van der Waals surface area contributed by atoms with Crippen LogP contribution in [0, 0.1) is 0 Å². The summed E-state index contributed by atoms with van der Waals surface area (Å²) >= 11 is 10.2. The first-order valence-corrected chi connectivity index (χ1v) is 8.45. The fraction of sp³-hybridized carbons (Fsp3) is 0.308. The molecule has 112 valence electrons. The molecule has 0 saturated heterocycles. The van der Waals surface area contributed by atoms with E-state index in [0.717, 1.165) is 13.4 Å². The van der Waals surface area contributed by atoms with Crippen LogP contribution in [0.3, 0.4) is 0 Å². The number of nitrogens with one attached hydrogen (secondary N) is 2. The minimum Gasteiger partial charge on any atom is -0.317 e. The van der Waals surface area contributed by atoms with Crippen LogP contribution in [0.25, 0.3) is 0 Å². The topological polar surface area (TPSA) is 70.7 Å². The van der Waals surface area contributed by atoms with Gasteiger partial charge in [-0.05, 0) is 44.0 Å². The molecule has 0 aliphatic carbocycles. The van der Waals surface area contributed by atoms with Crippen molar-refractivity contribution in [3.8, 4) is 0 Å². The van der Waals surface area contributed by atoms with Crippen LogP contribution in [-0.4, -0.2) is 21.1 Å². The monoisotopic (exact) mass is 478 g/mol. The minimum absolute atomic E-state index is 0.113. The van der Waals surface area contributed by atoms with Gasteiger partial charge in [0.05, 0.1) is 5.69 Å². The van der Waals surface area contributed by atoms with Gasteiger partial charge in [0.1, 0.15) is 5.82 Å². The zero-order valence-corrected chi connectivity index (χ0v) is 16.3. The number of rotatable bonds is 2. The number of nitrogens with zero attached hydrogens (tertiary/aromatic N) is 2. The van der Waals surface area contributed by atoms with Gasteiger partial charge in [-0.25, -0.2) is 4.98 Å². The molecule has 0 bridgehead atoms. The summed E-state index contributed by atoms with van der Waals surface area (Å²) in [5.74, 6) is 0.411. The lowest BCUT2D eigenvalue weighted by Gasteiger charge is -2.13. The van der Waals surface area contributed by atoms with Gasteiger partial charge in [0.2, 0.25) is 5.82 Å². The summed E-state index contributed by atoms with van der Waals surface area (Å²) in [7, 11) is 0. The van der Waals surface area contributed by atoms with Crippen LogP contribution in [0.4, 0.5) is 5.69 Å². The number of H-pyrrole nitrogens is 1. The predicted molar refractivity (Wildman–Crippen MR) is 92.6 cm³/mol. The van der Waals surface area contributed by atoms with Crippen molar-refractivity contribution in [2.24, 2.45) is 0 Å². The Balaban J connectivity index is 2.25. The smallest absolute Gasteiger partial charge is 0.295 e. The third kappa shape index (κ3) is 3.92. The molecular weight excluding hydrogens is 468 g/mol. The van der Waals surface area contributed by atoms with E-state index in [4.69, 9.17) is 0 Å². The number of aromatic amines is 1. The molecule has 0 spiro atoms. The van der Waals surface area contributed by atoms with Gasteiger partial charge in [0, 0.05) is 18.8 Å². The largest absolute Gasteiger partial charge is 0.317 e. The minimum atomic E-state index is -0.370. The number of carbonyl (C=O) groups excluding carboxylic acids is 1. The highest BCUT2D eigenvalue weighted by Crippen LogP contribution is 2.34. The molecule has 1 aromatic carbocycles. The lowest BCUT2D eigenvalue weighted by atomic mass is 9.96. The molecule has 1 heterocycles. The predicted octanol–water partition coefficient (Wildman–Crippen LogP) is 4.64. The van der Waals surface area contributed by atoms with Crippen LogP contribution in [0.2, 0.25) is 0 Å². The molecule has 0 radical (unpaired) electrons. The second kappa shape index (κ2) is 6.18. The van der Waals surface area contributed by atoms with Crippen LogP contribution >= 0.6 is 47.8 Å². The van der Waals surface area contributed by atoms with Crippen LogP contribution in [0.5, 0.6) is 0 Å². The molecule has 8 heteroatoms. The molecule has 2 aromatic rings. The average Bonchev–Trinajstić information content (AvgIpc) is 2.82. The van der Waals surface area contributed by atoms with Crippen molar-refractivity contribution in [1.29, 1.82) is 0 Å². The second-order valence-corrected chi connectivity index (χ2v) is 8.08. The lowest BCUT2D eigenvalue weighted by molar-refractivity contribution is 0.101. The number of halogens is 3. The number of anilines is 1. The molecule has 5 nitrogen and oxygen atoms in total. The maximum absolute atomic E-state index is 12.2. The van der Waals surface area contributed by atoms with Crippen molar-refractivity contribution in [2.75, 3.05) is 5.32 Å². The van der Waals surface area contributed by atoms with Gasteiger partial charge < -0.3 is 5.32 Å². The van der Waals surface area contributed by atoms with E-state index in [1.165, 1.54) is 0 Å². The van der Waals surface area contributed by atoms with Gasteiger partial charge in [-0.15, -0.1) is 5.10 Å². The fourth-order valence-electron chi connectivity index (χ4n) is 1.53. The Morgan fingerprint density at radius 1 is 1.19 bits per heavy atom. The summed E-state index contributed by atoms with van der Waals surface area (Å²) < 4.78 is 2.40. The molecule has 0 aliphatic rings. The quantitative estimate of drug-likeness (QED) is 0.657. The van der Waals surface area contributed by atoms with E-state index in [1.54, 1.807) is 0 Å². The Morgan fingerprint density at radius 2 is 1.76 bits per heavy atom. The summed E-state index contributed by atoms with van der Waals surface area (Å²) in [5, 5.41) is 9.55. The van der Waals surface area contributed by atoms with E-state index in [1.807, 2.05) is 32.9 Å². The first-order valence-electron chi connectivity index (χ1n) is 6.07. The Labute approximate surface area is 147 Å². The first-order chi connectivity index (χ1) is 9.68. The van der Waals surface area contributed by atoms with Crippen molar-refractivity contribution in [3.05, 3.63) is 37.2 Å². The zero-order valence-electron chi connectivity index (χ0n) is 11.6. The Kier molecular flexibility index (Phi) is 4.89. The number of hydrogen-bond acceptors (Lipinski definition) is 3. The number of hydrogen-bond donors (Lipinski definition) is 2. The third-order valence-electron chi connectivity index (χ3n) is 2.64. The molecule has 0 unspecified atom stereocenters. The molecule has 0 atom stereocenters. The van der Waals surface area contributed by atoms with Crippen molar-refractivity contribution in [3.63, 3.8) is 0 Å². The number of amides is 1. The van der Waals surface area contributed by atoms with Gasteiger partial charge in [0.25, 0.3) is 5.91 Å². The van der Waals surface area contributed by atoms with Gasteiger partial charge >= 0.3 is 0 Å². The number of aromatic nitrogens is 3. The summed E-state index contributed by atoms with van der Waals surface area (Å²) in [6.07, 6.45) is 0. The van der Waals surface area contributed by atoms with E-state index in [-0.39, 0.29) is 17.1 Å². The summed E-state index contributed by atoms with van der Waals surface area (Å²) in [5.41, 5.74) is 0.440. The molecule has 21 heavy (non-hydrogen) atoms. The van der Waals surface area contributed by atoms with Gasteiger partial charge in [-0.3, -0.25) is 9.89 Å². The van der Waals surface area contributed by atoms with Crippen LogP contribution in [0.1, 0.15) is 37.2 Å². The Bertz CT molecular complexity index is 668. The van der Waals surface area contributed by atoms with E-state index in [0.29, 0.717) is 11.5 Å². The standard InChI is InChI=1S/C13H13Br3N4O/c1-13(2,3)12-18-10(19-20-12)11(21)17-9-7(15)4-6(14)5-8(9)16/h4-5H,1-3H3,(H,17,21)(H,18,19,20). The summed E-state index contributed by atoms with van der Waals surface area (Å²) in [6.45, 7) is 5.99. The molecule has 2 N–H and O–H groups in total. The first kappa shape index (κ1) is 16.6.